The summed E-state index contributed by atoms with van der Waals surface area (Å²) >= 11 is 0. The van der Waals surface area contributed by atoms with Crippen LogP contribution < -0.4 is 5.32 Å². The van der Waals surface area contributed by atoms with Crippen molar-refractivity contribution in [3.63, 3.8) is 0 Å². The number of carbonyl (C=O) groups excluding carboxylic acids is 1. The Morgan fingerprint density at radius 1 is 1.09 bits per heavy atom. The Labute approximate surface area is 131 Å². The van der Waals surface area contributed by atoms with Gasteiger partial charge in [-0.1, -0.05) is 43.2 Å². The second-order valence-corrected chi connectivity index (χ2v) is 6.13. The second-order valence-electron chi connectivity index (χ2n) is 6.13. The first-order chi connectivity index (χ1) is 10.7. The van der Waals surface area contributed by atoms with Crippen LogP contribution in [0.25, 0.3) is 0 Å². The molecule has 1 heterocycles. The third-order valence-electron chi connectivity index (χ3n) is 4.77. The minimum atomic E-state index is -0.359. The zero-order valence-corrected chi connectivity index (χ0v) is 13.0. The molecular formula is C19H22N2O. The van der Waals surface area contributed by atoms with Crippen LogP contribution in [-0.4, -0.2) is 10.9 Å². The Kier molecular flexibility index (Phi) is 4.23. The normalized spacial score (nSPS) is 17.9. The predicted octanol–water partition coefficient (Wildman–Crippen LogP) is 3.77. The van der Waals surface area contributed by atoms with Gasteiger partial charge in [0.05, 0.1) is 11.5 Å². The molecule has 3 heteroatoms. The minimum Gasteiger partial charge on any atom is -0.349 e. The van der Waals surface area contributed by atoms with Gasteiger partial charge in [-0.15, -0.1) is 0 Å². The molecule has 1 atom stereocenters. The lowest BCUT2D eigenvalue weighted by Crippen LogP contribution is -2.43. The summed E-state index contributed by atoms with van der Waals surface area (Å²) in [6.45, 7) is 2.03. The largest absolute Gasteiger partial charge is 0.349 e. The lowest BCUT2D eigenvalue weighted by molar-refractivity contribution is -0.127. The number of amides is 1. The fourth-order valence-electron chi connectivity index (χ4n) is 3.45. The molecule has 0 saturated heterocycles. The average Bonchev–Trinajstić information content (AvgIpc) is 3.07. The highest BCUT2D eigenvalue weighted by atomic mass is 16.2. The Balaban J connectivity index is 1.82. The molecule has 3 rings (SSSR count). The molecule has 0 spiro atoms. The van der Waals surface area contributed by atoms with E-state index in [1.165, 1.54) is 0 Å². The van der Waals surface area contributed by atoms with Crippen LogP contribution in [0.5, 0.6) is 0 Å². The van der Waals surface area contributed by atoms with Gasteiger partial charge < -0.3 is 5.32 Å². The molecule has 1 aliphatic carbocycles. The van der Waals surface area contributed by atoms with Crippen LogP contribution in [0.15, 0.2) is 54.9 Å². The molecule has 3 nitrogen and oxygen atoms in total. The van der Waals surface area contributed by atoms with Crippen molar-refractivity contribution in [1.29, 1.82) is 0 Å². The highest BCUT2D eigenvalue weighted by molar-refractivity contribution is 5.88. The van der Waals surface area contributed by atoms with Crippen molar-refractivity contribution in [2.24, 2.45) is 0 Å². The molecule has 0 radical (unpaired) electrons. The quantitative estimate of drug-likeness (QED) is 0.932. The highest BCUT2D eigenvalue weighted by Crippen LogP contribution is 2.41. The van der Waals surface area contributed by atoms with Gasteiger partial charge in [0.1, 0.15) is 0 Å². The van der Waals surface area contributed by atoms with Gasteiger partial charge in [0.2, 0.25) is 5.91 Å². The van der Waals surface area contributed by atoms with Crippen LogP contribution in [0.2, 0.25) is 0 Å². The summed E-state index contributed by atoms with van der Waals surface area (Å²) < 4.78 is 0. The molecule has 1 aromatic carbocycles. The molecular weight excluding hydrogens is 272 g/mol. The van der Waals surface area contributed by atoms with Gasteiger partial charge >= 0.3 is 0 Å². The van der Waals surface area contributed by atoms with Crippen molar-refractivity contribution >= 4 is 5.91 Å². The van der Waals surface area contributed by atoms with Gasteiger partial charge in [0, 0.05) is 12.4 Å². The molecule has 22 heavy (non-hydrogen) atoms. The number of rotatable bonds is 4. The SMILES string of the molecule is CC(NC(=O)C1(c2ccccc2)CCCC1)c1ccncc1. The Hall–Kier alpha value is -2.16. The van der Waals surface area contributed by atoms with Crippen LogP contribution in [0.3, 0.4) is 0 Å². The van der Waals surface area contributed by atoms with Crippen LogP contribution in [0.4, 0.5) is 0 Å². The average molecular weight is 294 g/mol. The van der Waals surface area contributed by atoms with Gasteiger partial charge in [0.15, 0.2) is 0 Å². The van der Waals surface area contributed by atoms with Crippen molar-refractivity contribution in [3.8, 4) is 0 Å². The molecule has 0 bridgehead atoms. The van der Waals surface area contributed by atoms with Crippen molar-refractivity contribution in [2.75, 3.05) is 0 Å². The Bertz CT molecular complexity index is 618. The smallest absolute Gasteiger partial charge is 0.231 e. The number of aromatic nitrogens is 1. The maximum Gasteiger partial charge on any atom is 0.231 e. The predicted molar refractivity (Wildman–Crippen MR) is 87.4 cm³/mol. The first-order valence-corrected chi connectivity index (χ1v) is 7.99. The summed E-state index contributed by atoms with van der Waals surface area (Å²) in [4.78, 5) is 17.1. The first-order valence-electron chi connectivity index (χ1n) is 7.99. The molecule has 1 fully saturated rings. The summed E-state index contributed by atoms with van der Waals surface area (Å²) in [7, 11) is 0. The van der Waals surface area contributed by atoms with Crippen LogP contribution in [0, 0.1) is 0 Å². The van der Waals surface area contributed by atoms with E-state index in [2.05, 4.69) is 22.4 Å². The molecule has 1 unspecified atom stereocenters. The molecule has 114 valence electrons. The van der Waals surface area contributed by atoms with Gasteiger partial charge in [-0.05, 0) is 43.0 Å². The van der Waals surface area contributed by atoms with Crippen molar-refractivity contribution in [1.82, 2.24) is 10.3 Å². The van der Waals surface area contributed by atoms with E-state index in [0.717, 1.165) is 36.8 Å². The molecule has 0 aliphatic heterocycles. The minimum absolute atomic E-state index is 0.00307. The van der Waals surface area contributed by atoms with E-state index in [9.17, 15) is 4.79 Å². The van der Waals surface area contributed by atoms with E-state index in [1.54, 1.807) is 12.4 Å². The molecule has 1 aliphatic rings. The van der Waals surface area contributed by atoms with Crippen LogP contribution in [-0.2, 0) is 10.2 Å². The summed E-state index contributed by atoms with van der Waals surface area (Å²) in [5.74, 6) is 0.153. The lowest BCUT2D eigenvalue weighted by atomic mass is 9.77. The van der Waals surface area contributed by atoms with E-state index in [-0.39, 0.29) is 17.4 Å². The second kappa shape index (κ2) is 6.30. The fraction of sp³-hybridized carbons (Fsp3) is 0.368. The number of nitrogens with zero attached hydrogens (tertiary/aromatic N) is 1. The van der Waals surface area contributed by atoms with E-state index in [1.807, 2.05) is 37.3 Å². The number of benzene rings is 1. The van der Waals surface area contributed by atoms with Gasteiger partial charge in [0.25, 0.3) is 0 Å². The zero-order chi connectivity index (χ0) is 15.4. The third-order valence-corrected chi connectivity index (χ3v) is 4.77. The van der Waals surface area contributed by atoms with E-state index in [4.69, 9.17) is 0 Å². The maximum absolute atomic E-state index is 13.0. The molecule has 1 amide bonds. The third kappa shape index (κ3) is 2.76. The Morgan fingerprint density at radius 2 is 1.73 bits per heavy atom. The van der Waals surface area contributed by atoms with Crippen LogP contribution in [0.1, 0.15) is 49.8 Å². The van der Waals surface area contributed by atoms with E-state index >= 15 is 0 Å². The van der Waals surface area contributed by atoms with E-state index < -0.39 is 0 Å². The lowest BCUT2D eigenvalue weighted by Gasteiger charge is -2.30. The number of hydrogen-bond donors (Lipinski definition) is 1. The maximum atomic E-state index is 13.0. The molecule has 2 aromatic rings. The Morgan fingerprint density at radius 3 is 2.36 bits per heavy atom. The zero-order valence-electron chi connectivity index (χ0n) is 13.0. The van der Waals surface area contributed by atoms with Crippen molar-refractivity contribution in [2.45, 2.75) is 44.1 Å². The van der Waals surface area contributed by atoms with Crippen molar-refractivity contribution in [3.05, 3.63) is 66.0 Å². The van der Waals surface area contributed by atoms with Gasteiger partial charge in [-0.25, -0.2) is 0 Å². The highest BCUT2D eigenvalue weighted by Gasteiger charge is 2.42. The number of nitrogens with one attached hydrogen (secondary N) is 1. The number of carbonyl (C=O) groups is 1. The topological polar surface area (TPSA) is 42.0 Å². The summed E-state index contributed by atoms with van der Waals surface area (Å²) in [6.07, 6.45) is 7.64. The van der Waals surface area contributed by atoms with Gasteiger partial charge in [-0.2, -0.15) is 0 Å². The first kappa shape index (κ1) is 14.8. The number of hydrogen-bond acceptors (Lipinski definition) is 2. The summed E-state index contributed by atoms with van der Waals surface area (Å²) in [5.41, 5.74) is 1.87. The fourth-order valence-corrected chi connectivity index (χ4v) is 3.45. The molecule has 1 aromatic heterocycles. The monoisotopic (exact) mass is 294 g/mol. The summed E-state index contributed by atoms with van der Waals surface area (Å²) in [6, 6.07) is 14.1. The standard InChI is InChI=1S/C19H22N2O/c1-15(16-9-13-20-14-10-16)21-18(22)19(11-5-6-12-19)17-7-3-2-4-8-17/h2-4,7-10,13-15H,5-6,11-12H2,1H3,(H,21,22). The number of pyridine rings is 1. The van der Waals surface area contributed by atoms with Crippen LogP contribution >= 0.6 is 0 Å². The van der Waals surface area contributed by atoms with E-state index in [0.29, 0.717) is 0 Å². The molecule has 1 N–H and O–H groups in total. The molecule has 1 saturated carbocycles. The summed E-state index contributed by atoms with van der Waals surface area (Å²) in [5, 5.41) is 3.21. The van der Waals surface area contributed by atoms with Gasteiger partial charge in [-0.3, -0.25) is 9.78 Å². The van der Waals surface area contributed by atoms with Crippen molar-refractivity contribution < 1.29 is 4.79 Å².